The molecule has 0 aromatic heterocycles. The molecule has 3 aliphatic heterocycles. The average molecular weight is 1570 g/mol. The molecule has 614 valence electrons. The van der Waals surface area contributed by atoms with E-state index in [2.05, 4.69) is 34.3 Å². The summed E-state index contributed by atoms with van der Waals surface area (Å²) in [5.41, 5.74) is 6.61. The molecule has 2 aromatic rings. The second-order valence-electron chi connectivity index (χ2n) is 34.3. The molecule has 6 fully saturated rings. The fraction of sp³-hybridized carbons (Fsp3) is 0.631. The SMILES string of the molecule is CC(=O)OC1CCC2C3CCc4cc(O)ccc4C3CCC12C.Cc1c2oc3c(C)ccc(C(=O)NC4C(=O)NC(C(C)C)C(=O)C5CCCC5C(=O)N(C)CC(=O)N(C)C(C(C)C)C(=O)OC4C)c3nc-2c(C(=O)NC2C(=O)NC(C(C)C)C(=O)C3CCCC3C(=O)N(C)CC(=O)N(C)C(C(C)C)C(=O)OC2C)c(N)c1=O. The fourth-order valence-corrected chi connectivity index (χ4v) is 19.1. The molecule has 29 heteroatoms. The lowest BCUT2D eigenvalue weighted by atomic mass is 9.55. The van der Waals surface area contributed by atoms with E-state index in [-0.39, 0.29) is 51.2 Å². The van der Waals surface area contributed by atoms with Crippen molar-refractivity contribution in [1.29, 1.82) is 0 Å². The van der Waals surface area contributed by atoms with Crippen LogP contribution in [0.5, 0.6) is 5.75 Å². The number of benzene rings is 3. The highest BCUT2D eigenvalue weighted by Gasteiger charge is 2.57. The van der Waals surface area contributed by atoms with Crippen molar-refractivity contribution in [3.63, 3.8) is 0 Å². The number of Topliss-reactive ketones (excluding diaryl/α,β-unsaturated/α-hetero) is 2. The Labute approximate surface area is 659 Å². The number of cyclic esters (lactones) is 2. The quantitative estimate of drug-likeness (QED) is 0.0429. The number of nitrogens with one attached hydrogen (secondary N) is 4. The van der Waals surface area contributed by atoms with Crippen LogP contribution in [0.3, 0.4) is 0 Å². The minimum absolute atomic E-state index is 0.0668. The van der Waals surface area contributed by atoms with Crippen molar-refractivity contribution in [1.82, 2.24) is 45.9 Å². The number of esters is 3. The van der Waals surface area contributed by atoms with Crippen LogP contribution in [0, 0.1) is 78.4 Å². The summed E-state index contributed by atoms with van der Waals surface area (Å²) in [6.07, 6.45) is 6.23. The lowest BCUT2D eigenvalue weighted by molar-refractivity contribution is -0.163. The lowest BCUT2D eigenvalue weighted by Gasteiger charge is -2.50. The first-order valence-electron chi connectivity index (χ1n) is 40.0. The maximum Gasteiger partial charge on any atom is 0.329 e. The zero-order chi connectivity index (χ0) is 83.2. The zero-order valence-corrected chi connectivity index (χ0v) is 68.4. The van der Waals surface area contributed by atoms with Crippen molar-refractivity contribution in [2.24, 2.45) is 64.6 Å². The Kier molecular flexibility index (Phi) is 26.1. The van der Waals surface area contributed by atoms with Gasteiger partial charge >= 0.3 is 17.9 Å². The van der Waals surface area contributed by atoms with Crippen LogP contribution in [-0.4, -0.2) is 202 Å². The van der Waals surface area contributed by atoms with Gasteiger partial charge in [0.2, 0.25) is 40.9 Å². The third-order valence-electron chi connectivity index (χ3n) is 25.3. The van der Waals surface area contributed by atoms with Crippen molar-refractivity contribution in [3.05, 3.63) is 73.9 Å². The first kappa shape index (κ1) is 85.6. The molecule has 2 aromatic carbocycles. The number of nitrogen functional groups attached to an aromatic ring is 1. The number of aryl methyl sites for hydroxylation is 2. The molecule has 4 saturated carbocycles. The third kappa shape index (κ3) is 17.2. The standard InChI is InChI=1S/C64H88N10O16.C20H26O3/c1-27(2)44-53(78)35-19-17-21-37(35)61(84)71(13)25-40(75)73(15)50(29(5)6)63(86)88-33(11)46(59(82)67-44)69-57(80)39-24-23-31(9)55-48(39)66-49-42(43(65)52(77)32(10)56(49)90-55)58(81)70-47-34(12)89-64(87)51(30(7)8)74(16)41(76)26-72(14)62(85)38-22-18-20-36(38)54(79)45(28(3)4)68-60(47)83;1-12(21)23-19-8-7-18-17-5-3-13-11-14(22)4-6-15(13)16(17)9-10-20(18,19)2/h23-24,27-30,33-38,44-47,50-51H,17-22,25-26,65H2,1-16H3,(H,67,82)(H,68,83)(H,69,80)(H,70,81);4,6,11,16-19,22H,3,5,7-10H2,1-2H3. The maximum atomic E-state index is 15.2. The molecule has 17 unspecified atom stereocenters. The number of phenols is 1. The van der Waals surface area contributed by atoms with Crippen LogP contribution < -0.4 is 32.4 Å². The Hall–Kier alpha value is -9.83. The Morgan fingerprint density at radius 3 is 1.62 bits per heavy atom. The number of likely N-dealkylation sites (N-methyl/N-ethyl adjacent to an activating group) is 4. The van der Waals surface area contributed by atoms with E-state index in [9.17, 15) is 62.6 Å². The number of phenolic OH excluding ortho intramolecular Hbond substituents is 1. The van der Waals surface area contributed by atoms with Gasteiger partial charge in [-0.3, -0.25) is 57.5 Å². The number of fused-ring (bicyclic) bond motifs is 9. The van der Waals surface area contributed by atoms with Crippen LogP contribution in [0.1, 0.15) is 203 Å². The van der Waals surface area contributed by atoms with Gasteiger partial charge < -0.3 is 70.3 Å². The molecule has 0 bridgehead atoms. The minimum atomic E-state index is -1.86. The maximum absolute atomic E-state index is 15.2. The topological polar surface area (TPSA) is 400 Å². The molecule has 3 heterocycles. The summed E-state index contributed by atoms with van der Waals surface area (Å²) in [6.45, 7) is 22.2. The number of hydrogen-bond donors (Lipinski definition) is 6. The smallest absolute Gasteiger partial charge is 0.329 e. The molecule has 6 aliphatic carbocycles. The van der Waals surface area contributed by atoms with E-state index >= 15 is 9.59 Å². The van der Waals surface area contributed by atoms with Gasteiger partial charge in [-0.2, -0.15) is 0 Å². The van der Waals surface area contributed by atoms with Gasteiger partial charge in [0, 0.05) is 69.8 Å². The number of ether oxygens (including phenoxy) is 3. The van der Waals surface area contributed by atoms with Crippen LogP contribution in [-0.2, 0) is 73.4 Å². The van der Waals surface area contributed by atoms with E-state index in [1.807, 2.05) is 12.1 Å². The Balaban J connectivity index is 0.000000495. The highest BCUT2D eigenvalue weighted by Crippen LogP contribution is 2.62. The first-order valence-corrected chi connectivity index (χ1v) is 40.0. The number of anilines is 1. The average Bonchev–Trinajstić information content (AvgIpc) is 1.67. The summed E-state index contributed by atoms with van der Waals surface area (Å²) in [5, 5.41) is 20.5. The second-order valence-corrected chi connectivity index (χ2v) is 34.3. The summed E-state index contributed by atoms with van der Waals surface area (Å²) in [4.78, 5) is 208. The summed E-state index contributed by atoms with van der Waals surface area (Å²) in [5.74, 6) is -12.7. The molecule has 113 heavy (non-hydrogen) atoms. The lowest BCUT2D eigenvalue weighted by Crippen LogP contribution is -2.59. The number of nitrogens with two attached hydrogens (primary N) is 1. The molecule has 11 rings (SSSR count). The molecule has 2 saturated heterocycles. The largest absolute Gasteiger partial charge is 0.508 e. The predicted molar refractivity (Wildman–Crippen MR) is 416 cm³/mol. The molecule has 0 spiro atoms. The third-order valence-corrected chi connectivity index (χ3v) is 25.3. The molecule has 17 atom stereocenters. The van der Waals surface area contributed by atoms with Gasteiger partial charge in [-0.1, -0.05) is 87.3 Å². The molecular formula is C84H114N10O19. The number of hydrogen-bond acceptors (Lipinski definition) is 21. The van der Waals surface area contributed by atoms with Crippen LogP contribution >= 0.6 is 0 Å². The highest BCUT2D eigenvalue weighted by molar-refractivity contribution is 6.11. The van der Waals surface area contributed by atoms with Crippen LogP contribution in [0.25, 0.3) is 22.6 Å². The number of aromatic hydroxyl groups is 1. The number of nitrogens with zero attached hydrogens (tertiary/aromatic N) is 5. The van der Waals surface area contributed by atoms with E-state index in [0.717, 1.165) is 29.1 Å². The molecular weight excluding hydrogens is 1450 g/mol. The van der Waals surface area contributed by atoms with Crippen LogP contribution in [0.15, 0.2) is 39.5 Å². The van der Waals surface area contributed by atoms with Crippen molar-refractivity contribution < 1.29 is 86.1 Å². The number of amides is 8. The highest BCUT2D eigenvalue weighted by atomic mass is 16.6. The Morgan fingerprint density at radius 1 is 0.637 bits per heavy atom. The van der Waals surface area contributed by atoms with E-state index in [4.69, 9.17) is 29.3 Å². The van der Waals surface area contributed by atoms with Gasteiger partial charge in [-0.25, -0.2) is 14.6 Å². The van der Waals surface area contributed by atoms with Gasteiger partial charge in [0.15, 0.2) is 22.9 Å². The van der Waals surface area contributed by atoms with Gasteiger partial charge in [0.05, 0.1) is 42.0 Å². The molecule has 7 N–H and O–H groups in total. The summed E-state index contributed by atoms with van der Waals surface area (Å²) >= 11 is 0. The number of carbonyl (C=O) groups is 13. The normalized spacial score (nSPS) is 30.0. The van der Waals surface area contributed by atoms with Crippen molar-refractivity contribution in [2.45, 2.75) is 234 Å². The van der Waals surface area contributed by atoms with Crippen molar-refractivity contribution in [3.8, 4) is 17.2 Å². The monoisotopic (exact) mass is 1570 g/mol. The van der Waals surface area contributed by atoms with Gasteiger partial charge in [0.25, 0.3) is 11.8 Å². The number of rotatable bonds is 9. The zero-order valence-electron chi connectivity index (χ0n) is 68.4. The van der Waals surface area contributed by atoms with Crippen LogP contribution in [0.4, 0.5) is 5.69 Å². The first-order chi connectivity index (χ1) is 53.1. The van der Waals surface area contributed by atoms with E-state index < -0.39 is 196 Å². The predicted octanol–water partition coefficient (Wildman–Crippen LogP) is 6.89. The second kappa shape index (κ2) is 34.5. The summed E-state index contributed by atoms with van der Waals surface area (Å²) in [6, 6.07) is 0.220. The number of ketones is 2. The molecule has 0 radical (unpaired) electrons. The van der Waals surface area contributed by atoms with Crippen molar-refractivity contribution in [2.75, 3.05) is 47.0 Å². The number of aromatic nitrogens is 1. The van der Waals surface area contributed by atoms with Gasteiger partial charge in [0.1, 0.15) is 59.4 Å². The fourth-order valence-electron chi connectivity index (χ4n) is 19.1. The van der Waals surface area contributed by atoms with E-state index in [0.29, 0.717) is 67.6 Å². The summed E-state index contributed by atoms with van der Waals surface area (Å²) < 4.78 is 24.0. The Bertz CT molecular complexity index is 4450. The van der Waals surface area contributed by atoms with Crippen LogP contribution in [0.2, 0.25) is 0 Å². The molecule has 29 nitrogen and oxygen atoms in total. The van der Waals surface area contributed by atoms with Crippen molar-refractivity contribution >= 4 is 93.5 Å². The van der Waals surface area contributed by atoms with E-state index in [1.165, 1.54) is 108 Å². The van der Waals surface area contributed by atoms with Gasteiger partial charge in [-0.15, -0.1) is 0 Å². The minimum Gasteiger partial charge on any atom is -0.508 e. The number of carbonyl (C=O) groups excluding carboxylic acids is 13. The van der Waals surface area contributed by atoms with Gasteiger partial charge in [-0.05, 0) is 168 Å². The summed E-state index contributed by atoms with van der Waals surface area (Å²) in [7, 11) is 5.66. The molecule has 9 aliphatic rings. The Morgan fingerprint density at radius 2 is 1.13 bits per heavy atom. The molecule has 8 amide bonds. The van der Waals surface area contributed by atoms with E-state index in [1.54, 1.807) is 62.3 Å².